The molecule has 7 heteroatoms. The van der Waals surface area contributed by atoms with Crippen molar-refractivity contribution in [3.05, 3.63) is 28.5 Å². The van der Waals surface area contributed by atoms with E-state index in [1.54, 1.807) is 12.1 Å². The number of hydrogen-bond acceptors (Lipinski definition) is 4. The number of carbonyl (C=O) groups is 3. The first kappa shape index (κ1) is 13.7. The Morgan fingerprint density at radius 1 is 1.53 bits per heavy atom. The van der Waals surface area contributed by atoms with Crippen molar-refractivity contribution in [3.63, 3.8) is 0 Å². The summed E-state index contributed by atoms with van der Waals surface area (Å²) in [5.74, 6) is -0.955. The van der Waals surface area contributed by atoms with Crippen LogP contribution in [0.15, 0.2) is 22.9 Å². The molecule has 0 aliphatic carbocycles. The number of piperidine rings is 1. The van der Waals surface area contributed by atoms with E-state index in [2.05, 4.69) is 26.2 Å². The Labute approximate surface area is 118 Å². The second kappa shape index (κ2) is 5.48. The van der Waals surface area contributed by atoms with Crippen molar-refractivity contribution in [1.29, 1.82) is 0 Å². The lowest BCUT2D eigenvalue weighted by molar-refractivity contribution is -0.147. The van der Waals surface area contributed by atoms with Crippen LogP contribution in [-0.2, 0) is 9.59 Å². The molecule has 1 saturated heterocycles. The highest BCUT2D eigenvalue weighted by atomic mass is 79.9. The van der Waals surface area contributed by atoms with Gasteiger partial charge in [0.15, 0.2) is 0 Å². The molecule has 0 radical (unpaired) electrons. The van der Waals surface area contributed by atoms with Crippen LogP contribution in [0.5, 0.6) is 0 Å². The SMILES string of the molecule is CN1C(=O)CCC(NC(=O)c2ccnc(Br)c2)C1=O. The Kier molecular flexibility index (Phi) is 3.94. The summed E-state index contributed by atoms with van der Waals surface area (Å²) in [6, 6.07) is 2.47. The third kappa shape index (κ3) is 2.98. The first-order valence-corrected chi connectivity index (χ1v) is 6.51. The molecule has 1 aromatic heterocycles. The summed E-state index contributed by atoms with van der Waals surface area (Å²) < 4.78 is 0.544. The van der Waals surface area contributed by atoms with Crippen LogP contribution in [0.1, 0.15) is 23.2 Å². The molecule has 19 heavy (non-hydrogen) atoms. The molecule has 2 heterocycles. The molecule has 2 rings (SSSR count). The van der Waals surface area contributed by atoms with Crippen LogP contribution in [0.25, 0.3) is 0 Å². The Morgan fingerprint density at radius 3 is 2.95 bits per heavy atom. The summed E-state index contributed by atoms with van der Waals surface area (Å²) in [6.45, 7) is 0. The van der Waals surface area contributed by atoms with Gasteiger partial charge in [-0.05, 0) is 34.5 Å². The smallest absolute Gasteiger partial charge is 0.252 e. The second-order valence-electron chi connectivity index (χ2n) is 4.22. The van der Waals surface area contributed by atoms with E-state index in [4.69, 9.17) is 0 Å². The number of likely N-dealkylation sites (tertiary alicyclic amines) is 1. The summed E-state index contributed by atoms with van der Waals surface area (Å²) in [7, 11) is 1.42. The van der Waals surface area contributed by atoms with Gasteiger partial charge in [-0.2, -0.15) is 0 Å². The zero-order valence-corrected chi connectivity index (χ0v) is 11.8. The second-order valence-corrected chi connectivity index (χ2v) is 5.04. The van der Waals surface area contributed by atoms with E-state index in [-0.39, 0.29) is 24.1 Å². The van der Waals surface area contributed by atoms with Crippen molar-refractivity contribution in [3.8, 4) is 0 Å². The van der Waals surface area contributed by atoms with Gasteiger partial charge < -0.3 is 5.32 Å². The van der Waals surface area contributed by atoms with E-state index >= 15 is 0 Å². The number of nitrogens with one attached hydrogen (secondary N) is 1. The fraction of sp³-hybridized carbons (Fsp3) is 0.333. The molecule has 0 bridgehead atoms. The maximum Gasteiger partial charge on any atom is 0.252 e. The summed E-state index contributed by atoms with van der Waals surface area (Å²) in [5.41, 5.74) is 0.411. The lowest BCUT2D eigenvalue weighted by Gasteiger charge is -2.28. The van der Waals surface area contributed by atoms with Crippen LogP contribution in [-0.4, -0.2) is 40.7 Å². The zero-order valence-electron chi connectivity index (χ0n) is 10.2. The molecular weight excluding hydrogens is 314 g/mol. The summed E-state index contributed by atoms with van der Waals surface area (Å²) in [5, 5.41) is 2.63. The number of halogens is 1. The molecule has 0 aromatic carbocycles. The number of hydrogen-bond donors (Lipinski definition) is 1. The summed E-state index contributed by atoms with van der Waals surface area (Å²) in [4.78, 5) is 40.1. The van der Waals surface area contributed by atoms with Crippen molar-refractivity contribution in [2.24, 2.45) is 0 Å². The van der Waals surface area contributed by atoms with Gasteiger partial charge >= 0.3 is 0 Å². The Hall–Kier alpha value is -1.76. The van der Waals surface area contributed by atoms with Gasteiger partial charge in [0.2, 0.25) is 5.91 Å². The van der Waals surface area contributed by atoms with Gasteiger partial charge in [-0.25, -0.2) is 4.98 Å². The van der Waals surface area contributed by atoms with Crippen molar-refractivity contribution < 1.29 is 14.4 Å². The average Bonchev–Trinajstić information content (AvgIpc) is 2.39. The fourth-order valence-electron chi connectivity index (χ4n) is 1.83. The molecule has 0 saturated carbocycles. The highest BCUT2D eigenvalue weighted by Gasteiger charge is 2.32. The van der Waals surface area contributed by atoms with Crippen LogP contribution in [0.3, 0.4) is 0 Å². The van der Waals surface area contributed by atoms with Crippen molar-refractivity contribution in [2.45, 2.75) is 18.9 Å². The van der Waals surface area contributed by atoms with Crippen molar-refractivity contribution in [1.82, 2.24) is 15.2 Å². The number of nitrogens with zero attached hydrogens (tertiary/aromatic N) is 2. The largest absolute Gasteiger partial charge is 0.340 e. The molecule has 1 aliphatic heterocycles. The molecule has 1 N–H and O–H groups in total. The summed E-state index contributed by atoms with van der Waals surface area (Å²) in [6.07, 6.45) is 2.09. The fourth-order valence-corrected chi connectivity index (χ4v) is 2.20. The number of imide groups is 1. The van der Waals surface area contributed by atoms with Gasteiger partial charge in [-0.1, -0.05) is 0 Å². The normalized spacial score (nSPS) is 19.5. The number of pyridine rings is 1. The highest BCUT2D eigenvalue weighted by Crippen LogP contribution is 2.13. The van der Waals surface area contributed by atoms with E-state index in [0.29, 0.717) is 16.6 Å². The predicted molar refractivity (Wildman–Crippen MR) is 70.2 cm³/mol. The third-order valence-electron chi connectivity index (χ3n) is 2.94. The lowest BCUT2D eigenvalue weighted by Crippen LogP contribution is -2.52. The molecule has 1 unspecified atom stereocenters. The Balaban J connectivity index is 2.07. The molecule has 1 aromatic rings. The average molecular weight is 326 g/mol. The standard InChI is InChI=1S/C12H12BrN3O3/c1-16-10(17)3-2-8(12(16)19)15-11(18)7-4-5-14-9(13)6-7/h4-6,8H,2-3H2,1H3,(H,15,18). The van der Waals surface area contributed by atoms with Gasteiger partial charge in [0, 0.05) is 25.2 Å². The number of aromatic nitrogens is 1. The molecular formula is C12H12BrN3O3. The van der Waals surface area contributed by atoms with E-state index in [1.165, 1.54) is 13.2 Å². The first-order chi connectivity index (χ1) is 8.99. The van der Waals surface area contributed by atoms with E-state index in [1.807, 2.05) is 0 Å². The van der Waals surface area contributed by atoms with Crippen LogP contribution < -0.4 is 5.32 Å². The van der Waals surface area contributed by atoms with Gasteiger partial charge in [-0.3, -0.25) is 19.3 Å². The topological polar surface area (TPSA) is 79.4 Å². The van der Waals surface area contributed by atoms with Gasteiger partial charge in [0.1, 0.15) is 10.6 Å². The number of likely N-dealkylation sites (N-methyl/N-ethyl adjacent to an activating group) is 1. The van der Waals surface area contributed by atoms with Crippen LogP contribution in [0, 0.1) is 0 Å². The minimum absolute atomic E-state index is 0.220. The lowest BCUT2D eigenvalue weighted by atomic mass is 10.0. The Morgan fingerprint density at radius 2 is 2.26 bits per heavy atom. The molecule has 3 amide bonds. The summed E-state index contributed by atoms with van der Waals surface area (Å²) >= 11 is 3.17. The van der Waals surface area contributed by atoms with E-state index < -0.39 is 6.04 Å². The molecule has 0 spiro atoms. The first-order valence-electron chi connectivity index (χ1n) is 5.72. The molecule has 6 nitrogen and oxygen atoms in total. The van der Waals surface area contributed by atoms with Crippen molar-refractivity contribution >= 4 is 33.7 Å². The van der Waals surface area contributed by atoms with Crippen LogP contribution >= 0.6 is 15.9 Å². The van der Waals surface area contributed by atoms with Crippen LogP contribution in [0.4, 0.5) is 0 Å². The maximum atomic E-state index is 12.0. The van der Waals surface area contributed by atoms with E-state index in [9.17, 15) is 14.4 Å². The molecule has 100 valence electrons. The van der Waals surface area contributed by atoms with Crippen LogP contribution in [0.2, 0.25) is 0 Å². The van der Waals surface area contributed by atoms with Gasteiger partial charge in [-0.15, -0.1) is 0 Å². The number of rotatable bonds is 2. The molecule has 1 fully saturated rings. The van der Waals surface area contributed by atoms with Gasteiger partial charge in [0.25, 0.3) is 11.8 Å². The van der Waals surface area contributed by atoms with E-state index in [0.717, 1.165) is 4.90 Å². The Bertz CT molecular complexity index is 547. The quantitative estimate of drug-likeness (QED) is 0.642. The highest BCUT2D eigenvalue weighted by molar-refractivity contribution is 9.10. The number of carbonyl (C=O) groups excluding carboxylic acids is 3. The minimum atomic E-state index is -0.651. The molecule has 1 atom stereocenters. The molecule has 1 aliphatic rings. The zero-order chi connectivity index (χ0) is 14.0. The third-order valence-corrected chi connectivity index (χ3v) is 3.38. The van der Waals surface area contributed by atoms with Crippen molar-refractivity contribution in [2.75, 3.05) is 7.05 Å². The number of amides is 3. The minimum Gasteiger partial charge on any atom is -0.340 e. The maximum absolute atomic E-state index is 12.0. The predicted octanol–water partition coefficient (Wildman–Crippen LogP) is 0.721. The van der Waals surface area contributed by atoms with Gasteiger partial charge in [0.05, 0.1) is 0 Å². The monoisotopic (exact) mass is 325 g/mol.